The summed E-state index contributed by atoms with van der Waals surface area (Å²) in [6.45, 7) is 4.43. The van der Waals surface area contributed by atoms with Crippen molar-refractivity contribution in [2.45, 2.75) is 52.1 Å². The van der Waals surface area contributed by atoms with Gasteiger partial charge in [0.2, 0.25) is 5.92 Å². The van der Waals surface area contributed by atoms with Crippen LogP contribution in [0.15, 0.2) is 0 Å². The van der Waals surface area contributed by atoms with Crippen molar-refractivity contribution in [2.75, 3.05) is 0 Å². The Kier molecular flexibility index (Phi) is 2.61. The third-order valence-electron chi connectivity index (χ3n) is 3.84. The van der Waals surface area contributed by atoms with Crippen molar-refractivity contribution in [3.63, 3.8) is 0 Å². The van der Waals surface area contributed by atoms with Crippen LogP contribution in [0.5, 0.6) is 0 Å². The van der Waals surface area contributed by atoms with Crippen LogP contribution >= 0.6 is 0 Å². The molecule has 5 heteroatoms. The molecule has 1 fully saturated rings. The van der Waals surface area contributed by atoms with Crippen LogP contribution in [0.25, 0.3) is 0 Å². The zero-order chi connectivity index (χ0) is 12.1. The van der Waals surface area contributed by atoms with Gasteiger partial charge in [-0.3, -0.25) is 0 Å². The highest BCUT2D eigenvalue weighted by Gasteiger charge is 2.74. The number of hydrogen-bond acceptors (Lipinski definition) is 0. The SMILES string of the molecule is CCC(C)(C)C1(C(F)(F)F)CC(F)(F)C1. The molecule has 0 amide bonds. The quantitative estimate of drug-likeness (QED) is 0.617. The van der Waals surface area contributed by atoms with E-state index < -0.39 is 35.8 Å². The van der Waals surface area contributed by atoms with Crippen LogP contribution in [0.4, 0.5) is 22.0 Å². The minimum atomic E-state index is -4.55. The first-order valence-electron chi connectivity index (χ1n) is 4.92. The molecule has 0 atom stereocenters. The second-order valence-corrected chi connectivity index (χ2v) is 5.03. The Labute approximate surface area is 85.8 Å². The van der Waals surface area contributed by atoms with Crippen LogP contribution in [-0.4, -0.2) is 12.1 Å². The van der Waals surface area contributed by atoms with Crippen molar-refractivity contribution in [3.05, 3.63) is 0 Å². The molecule has 1 aliphatic carbocycles. The van der Waals surface area contributed by atoms with Crippen molar-refractivity contribution >= 4 is 0 Å². The van der Waals surface area contributed by atoms with E-state index in [1.807, 2.05) is 0 Å². The Bertz CT molecular complexity index is 243. The summed E-state index contributed by atoms with van der Waals surface area (Å²) < 4.78 is 64.0. The van der Waals surface area contributed by atoms with E-state index in [0.29, 0.717) is 0 Å². The summed E-state index contributed by atoms with van der Waals surface area (Å²) in [5.74, 6) is -3.15. The Morgan fingerprint density at radius 1 is 1.07 bits per heavy atom. The van der Waals surface area contributed by atoms with E-state index in [1.54, 1.807) is 6.92 Å². The van der Waals surface area contributed by atoms with E-state index in [9.17, 15) is 22.0 Å². The summed E-state index contributed by atoms with van der Waals surface area (Å²) in [6.07, 6.45) is -6.44. The molecule has 0 bridgehead atoms. The van der Waals surface area contributed by atoms with Crippen LogP contribution in [0.3, 0.4) is 0 Å². The highest BCUT2D eigenvalue weighted by molar-refractivity contribution is 5.09. The van der Waals surface area contributed by atoms with Gasteiger partial charge >= 0.3 is 6.18 Å². The van der Waals surface area contributed by atoms with Gasteiger partial charge in [0, 0.05) is 12.8 Å². The van der Waals surface area contributed by atoms with Crippen LogP contribution in [0.2, 0.25) is 0 Å². The smallest absolute Gasteiger partial charge is 0.207 e. The molecule has 0 aromatic rings. The zero-order valence-corrected chi connectivity index (χ0v) is 9.01. The number of hydrogen-bond donors (Lipinski definition) is 0. The summed E-state index contributed by atoms with van der Waals surface area (Å²) in [6, 6.07) is 0. The third-order valence-corrected chi connectivity index (χ3v) is 3.84. The average molecular weight is 230 g/mol. The van der Waals surface area contributed by atoms with Gasteiger partial charge in [0.15, 0.2) is 0 Å². The lowest BCUT2D eigenvalue weighted by molar-refractivity contribution is -0.344. The maximum atomic E-state index is 12.8. The average Bonchev–Trinajstić information content (AvgIpc) is 1.97. The molecule has 0 spiro atoms. The van der Waals surface area contributed by atoms with Gasteiger partial charge in [0.1, 0.15) is 0 Å². The van der Waals surface area contributed by atoms with E-state index in [-0.39, 0.29) is 6.42 Å². The summed E-state index contributed by atoms with van der Waals surface area (Å²) >= 11 is 0. The maximum absolute atomic E-state index is 12.8. The Morgan fingerprint density at radius 2 is 1.47 bits per heavy atom. The number of rotatable bonds is 2. The van der Waals surface area contributed by atoms with Gasteiger partial charge in [-0.1, -0.05) is 27.2 Å². The summed E-state index contributed by atoms with van der Waals surface area (Å²) in [5.41, 5.74) is -3.34. The highest BCUT2D eigenvalue weighted by Crippen LogP contribution is 2.68. The second kappa shape index (κ2) is 3.08. The van der Waals surface area contributed by atoms with Crippen molar-refractivity contribution in [1.29, 1.82) is 0 Å². The monoisotopic (exact) mass is 230 g/mol. The standard InChI is InChI=1S/C10H15F5/c1-4-7(2,3)8(10(13,14)15)5-9(11,12)6-8/h4-6H2,1-3H3. The van der Waals surface area contributed by atoms with Gasteiger partial charge in [0.25, 0.3) is 0 Å². The summed E-state index contributed by atoms with van der Waals surface area (Å²) in [4.78, 5) is 0. The number of alkyl halides is 5. The van der Waals surface area contributed by atoms with Crippen molar-refractivity contribution in [1.82, 2.24) is 0 Å². The van der Waals surface area contributed by atoms with E-state index in [1.165, 1.54) is 13.8 Å². The molecule has 0 heterocycles. The molecule has 1 saturated carbocycles. The van der Waals surface area contributed by atoms with Gasteiger partial charge in [0.05, 0.1) is 5.41 Å². The molecule has 1 aliphatic rings. The van der Waals surface area contributed by atoms with Crippen LogP contribution in [0, 0.1) is 10.8 Å². The van der Waals surface area contributed by atoms with Gasteiger partial charge in [-0.15, -0.1) is 0 Å². The van der Waals surface area contributed by atoms with E-state index >= 15 is 0 Å². The van der Waals surface area contributed by atoms with E-state index in [2.05, 4.69) is 0 Å². The Hall–Kier alpha value is -0.350. The molecule has 0 aromatic carbocycles. The molecule has 0 saturated heterocycles. The lowest BCUT2D eigenvalue weighted by Gasteiger charge is -2.56. The number of halogens is 5. The molecule has 90 valence electrons. The molecule has 0 unspecified atom stereocenters. The fourth-order valence-electron chi connectivity index (χ4n) is 2.23. The first-order chi connectivity index (χ1) is 6.47. The lowest BCUT2D eigenvalue weighted by Crippen LogP contribution is -2.61. The summed E-state index contributed by atoms with van der Waals surface area (Å²) in [5, 5.41) is 0. The fourth-order valence-corrected chi connectivity index (χ4v) is 2.23. The van der Waals surface area contributed by atoms with Crippen LogP contribution < -0.4 is 0 Å². The van der Waals surface area contributed by atoms with Gasteiger partial charge in [-0.2, -0.15) is 13.2 Å². The lowest BCUT2D eigenvalue weighted by atomic mass is 9.51. The minimum absolute atomic E-state index is 0.239. The van der Waals surface area contributed by atoms with E-state index in [0.717, 1.165) is 0 Å². The van der Waals surface area contributed by atoms with Crippen molar-refractivity contribution < 1.29 is 22.0 Å². The van der Waals surface area contributed by atoms with Crippen LogP contribution in [-0.2, 0) is 0 Å². The molecule has 0 aromatic heterocycles. The highest BCUT2D eigenvalue weighted by atomic mass is 19.4. The molecular formula is C10H15F5. The molecule has 0 nitrogen and oxygen atoms in total. The van der Waals surface area contributed by atoms with Gasteiger partial charge in [-0.25, -0.2) is 8.78 Å². The first-order valence-corrected chi connectivity index (χ1v) is 4.92. The second-order valence-electron chi connectivity index (χ2n) is 5.03. The van der Waals surface area contributed by atoms with E-state index in [4.69, 9.17) is 0 Å². The minimum Gasteiger partial charge on any atom is -0.207 e. The molecule has 0 radical (unpaired) electrons. The predicted molar refractivity (Wildman–Crippen MR) is 46.7 cm³/mol. The zero-order valence-electron chi connectivity index (χ0n) is 9.01. The largest absolute Gasteiger partial charge is 0.395 e. The topological polar surface area (TPSA) is 0 Å². The van der Waals surface area contributed by atoms with Gasteiger partial charge in [-0.05, 0) is 5.41 Å². The Balaban J connectivity index is 3.03. The van der Waals surface area contributed by atoms with Crippen molar-refractivity contribution in [3.8, 4) is 0 Å². The van der Waals surface area contributed by atoms with Crippen molar-refractivity contribution in [2.24, 2.45) is 10.8 Å². The predicted octanol–water partition coefficient (Wildman–Crippen LogP) is 4.40. The third kappa shape index (κ3) is 1.74. The molecule has 15 heavy (non-hydrogen) atoms. The maximum Gasteiger partial charge on any atom is 0.395 e. The molecular weight excluding hydrogens is 215 g/mol. The molecule has 0 N–H and O–H groups in total. The summed E-state index contributed by atoms with van der Waals surface area (Å²) in [7, 11) is 0. The van der Waals surface area contributed by atoms with Gasteiger partial charge < -0.3 is 0 Å². The van der Waals surface area contributed by atoms with Crippen LogP contribution in [0.1, 0.15) is 40.0 Å². The molecule has 0 aliphatic heterocycles. The first kappa shape index (κ1) is 12.7. The normalized spacial score (nSPS) is 24.8. The molecule has 1 rings (SSSR count). The Morgan fingerprint density at radius 3 is 1.67 bits per heavy atom. The fraction of sp³-hybridized carbons (Fsp3) is 1.00.